The topological polar surface area (TPSA) is 90.3 Å². The van der Waals surface area contributed by atoms with Crippen molar-refractivity contribution in [2.75, 3.05) is 18.4 Å². The molecule has 1 atom stereocenters. The van der Waals surface area contributed by atoms with Crippen molar-refractivity contribution in [3.8, 4) is 6.07 Å². The van der Waals surface area contributed by atoms with E-state index in [0.717, 1.165) is 0 Å². The lowest BCUT2D eigenvalue weighted by Crippen LogP contribution is -2.43. The maximum Gasteiger partial charge on any atom is 0.252 e. The van der Waals surface area contributed by atoms with Crippen LogP contribution in [0.1, 0.15) is 18.4 Å². The molecule has 0 bridgehead atoms. The SMILES string of the molecule is N#Cc1ccsc1NC(=O)C1CCCN(S(=O)(=O)c2cccs2)C1. The molecule has 1 aliphatic heterocycles. The smallest absolute Gasteiger partial charge is 0.252 e. The molecule has 6 nitrogen and oxygen atoms in total. The average molecular weight is 382 g/mol. The maximum absolute atomic E-state index is 12.6. The summed E-state index contributed by atoms with van der Waals surface area (Å²) < 4.78 is 26.9. The number of anilines is 1. The van der Waals surface area contributed by atoms with Gasteiger partial charge in [-0.15, -0.1) is 22.7 Å². The summed E-state index contributed by atoms with van der Waals surface area (Å²) in [5.74, 6) is -0.651. The van der Waals surface area contributed by atoms with Gasteiger partial charge in [-0.2, -0.15) is 9.57 Å². The minimum absolute atomic E-state index is 0.166. The molecule has 2 aromatic heterocycles. The van der Waals surface area contributed by atoms with E-state index < -0.39 is 15.9 Å². The van der Waals surface area contributed by atoms with Crippen molar-refractivity contribution in [2.45, 2.75) is 17.1 Å². The number of thiophene rings is 2. The molecule has 0 aromatic carbocycles. The molecule has 3 heterocycles. The molecule has 0 aliphatic carbocycles. The van der Waals surface area contributed by atoms with E-state index in [1.165, 1.54) is 27.0 Å². The highest BCUT2D eigenvalue weighted by atomic mass is 32.2. The van der Waals surface area contributed by atoms with Gasteiger partial charge in [-0.3, -0.25) is 4.79 Å². The van der Waals surface area contributed by atoms with E-state index in [1.54, 1.807) is 29.0 Å². The lowest BCUT2D eigenvalue weighted by atomic mass is 9.99. The zero-order valence-electron chi connectivity index (χ0n) is 12.6. The maximum atomic E-state index is 12.6. The highest BCUT2D eigenvalue weighted by Crippen LogP contribution is 2.28. The monoisotopic (exact) mass is 381 g/mol. The van der Waals surface area contributed by atoms with Crippen molar-refractivity contribution >= 4 is 43.6 Å². The van der Waals surface area contributed by atoms with Crippen molar-refractivity contribution in [1.29, 1.82) is 5.26 Å². The van der Waals surface area contributed by atoms with E-state index in [-0.39, 0.29) is 12.5 Å². The number of hydrogen-bond acceptors (Lipinski definition) is 6. The molecular weight excluding hydrogens is 366 g/mol. The summed E-state index contributed by atoms with van der Waals surface area (Å²) in [4.78, 5) is 12.5. The van der Waals surface area contributed by atoms with Crippen molar-refractivity contribution in [2.24, 2.45) is 5.92 Å². The molecule has 126 valence electrons. The van der Waals surface area contributed by atoms with Gasteiger partial charge in [0.15, 0.2) is 0 Å². The van der Waals surface area contributed by atoms with Crippen molar-refractivity contribution in [1.82, 2.24) is 4.31 Å². The first-order chi connectivity index (χ1) is 11.5. The number of carbonyl (C=O) groups is 1. The fraction of sp³-hybridized carbons (Fsp3) is 0.333. The van der Waals surface area contributed by atoms with Gasteiger partial charge in [0, 0.05) is 13.1 Å². The molecule has 1 unspecified atom stereocenters. The molecule has 1 saturated heterocycles. The molecule has 9 heteroatoms. The molecule has 1 fully saturated rings. The molecule has 0 radical (unpaired) electrons. The van der Waals surface area contributed by atoms with Crippen LogP contribution in [0, 0.1) is 17.2 Å². The number of nitrogens with zero attached hydrogens (tertiary/aromatic N) is 2. The summed E-state index contributed by atoms with van der Waals surface area (Å²) in [6, 6.07) is 6.95. The molecule has 1 N–H and O–H groups in total. The van der Waals surface area contributed by atoms with Crippen molar-refractivity contribution in [3.63, 3.8) is 0 Å². The Morgan fingerprint density at radius 2 is 2.17 bits per heavy atom. The van der Waals surface area contributed by atoms with Crippen molar-refractivity contribution < 1.29 is 13.2 Å². The fourth-order valence-electron chi connectivity index (χ4n) is 2.62. The number of carbonyl (C=O) groups excluding carboxylic acids is 1. The largest absolute Gasteiger partial charge is 0.316 e. The number of nitriles is 1. The molecule has 1 amide bonds. The van der Waals surface area contributed by atoms with E-state index in [0.29, 0.717) is 34.2 Å². The van der Waals surface area contributed by atoms with Crippen LogP contribution in [0.4, 0.5) is 5.00 Å². The van der Waals surface area contributed by atoms with Gasteiger partial charge in [-0.1, -0.05) is 6.07 Å². The number of nitrogens with one attached hydrogen (secondary N) is 1. The second kappa shape index (κ2) is 7.03. The van der Waals surface area contributed by atoms with E-state index in [4.69, 9.17) is 5.26 Å². The third-order valence-corrected chi connectivity index (χ3v) is 7.93. The summed E-state index contributed by atoms with van der Waals surface area (Å²) in [5.41, 5.74) is 0.423. The standard InChI is InChI=1S/C15H15N3O3S3/c16-9-11-5-8-23-15(11)17-14(19)12-3-1-6-18(10-12)24(20,21)13-4-2-7-22-13/h2,4-5,7-8,12H,1,3,6,10H2,(H,17,19). The van der Waals surface area contributed by atoms with Gasteiger partial charge in [0.1, 0.15) is 15.3 Å². The van der Waals surface area contributed by atoms with Crippen LogP contribution < -0.4 is 5.32 Å². The number of amides is 1. The minimum Gasteiger partial charge on any atom is -0.316 e. The molecule has 0 spiro atoms. The summed E-state index contributed by atoms with van der Waals surface area (Å²) in [5, 5.41) is 15.7. The first-order valence-corrected chi connectivity index (χ1v) is 10.5. The number of rotatable bonds is 4. The van der Waals surface area contributed by atoms with E-state index in [9.17, 15) is 13.2 Å². The van der Waals surface area contributed by atoms with Gasteiger partial charge in [-0.25, -0.2) is 8.42 Å². The second-order valence-corrected chi connectivity index (χ2v) is 9.43. The summed E-state index contributed by atoms with van der Waals surface area (Å²) in [7, 11) is -3.54. The lowest BCUT2D eigenvalue weighted by Gasteiger charge is -2.30. The normalized spacial score (nSPS) is 18.9. The average Bonchev–Trinajstić information content (AvgIpc) is 3.26. The van der Waals surface area contributed by atoms with E-state index >= 15 is 0 Å². The third-order valence-electron chi connectivity index (χ3n) is 3.87. The van der Waals surface area contributed by atoms with Crippen LogP contribution in [-0.4, -0.2) is 31.7 Å². The number of piperidine rings is 1. The Bertz CT molecular complexity index is 865. The Hall–Kier alpha value is -1.73. The minimum atomic E-state index is -3.54. The summed E-state index contributed by atoms with van der Waals surface area (Å²) >= 11 is 2.46. The Labute approximate surface area is 148 Å². The Morgan fingerprint density at radius 1 is 1.33 bits per heavy atom. The van der Waals surface area contributed by atoms with Crippen molar-refractivity contribution in [3.05, 3.63) is 34.5 Å². The highest BCUT2D eigenvalue weighted by Gasteiger charge is 2.34. The first kappa shape index (κ1) is 17.1. The predicted molar refractivity (Wildman–Crippen MR) is 93.5 cm³/mol. The molecule has 3 rings (SSSR count). The van der Waals surface area contributed by atoms with Crippen LogP contribution >= 0.6 is 22.7 Å². The number of sulfonamides is 1. The Kier molecular flexibility index (Phi) is 5.01. The second-order valence-electron chi connectivity index (χ2n) is 5.40. The summed E-state index contributed by atoms with van der Waals surface area (Å²) in [6.07, 6.45) is 1.27. The molecular formula is C15H15N3O3S3. The number of hydrogen-bond donors (Lipinski definition) is 1. The predicted octanol–water partition coefficient (Wildman–Crippen LogP) is 2.72. The zero-order valence-corrected chi connectivity index (χ0v) is 15.1. The zero-order chi connectivity index (χ0) is 17.2. The summed E-state index contributed by atoms with van der Waals surface area (Å²) in [6.45, 7) is 0.589. The molecule has 24 heavy (non-hydrogen) atoms. The van der Waals surface area contributed by atoms with E-state index in [2.05, 4.69) is 5.32 Å². The quantitative estimate of drug-likeness (QED) is 0.882. The first-order valence-electron chi connectivity index (χ1n) is 7.34. The van der Waals surface area contributed by atoms with Gasteiger partial charge in [0.2, 0.25) is 5.91 Å². The van der Waals surface area contributed by atoms with Crippen LogP contribution in [0.15, 0.2) is 33.2 Å². The lowest BCUT2D eigenvalue weighted by molar-refractivity contribution is -0.120. The van der Waals surface area contributed by atoms with Gasteiger partial charge >= 0.3 is 0 Å². The van der Waals surface area contributed by atoms with Crippen LogP contribution in [-0.2, 0) is 14.8 Å². The third kappa shape index (κ3) is 3.37. The van der Waals surface area contributed by atoms with Crippen LogP contribution in [0.3, 0.4) is 0 Å². The van der Waals surface area contributed by atoms with Gasteiger partial charge < -0.3 is 5.32 Å². The van der Waals surface area contributed by atoms with Crippen LogP contribution in [0.25, 0.3) is 0 Å². The van der Waals surface area contributed by atoms with Crippen LogP contribution in [0.5, 0.6) is 0 Å². The molecule has 1 aliphatic rings. The fourth-order valence-corrected chi connectivity index (χ4v) is 6.03. The van der Waals surface area contributed by atoms with Gasteiger partial charge in [0.25, 0.3) is 10.0 Å². The van der Waals surface area contributed by atoms with Crippen LogP contribution in [0.2, 0.25) is 0 Å². The van der Waals surface area contributed by atoms with E-state index in [1.807, 2.05) is 6.07 Å². The highest BCUT2D eigenvalue weighted by molar-refractivity contribution is 7.91. The Balaban J connectivity index is 1.72. The molecule has 2 aromatic rings. The Morgan fingerprint density at radius 3 is 2.88 bits per heavy atom. The van der Waals surface area contributed by atoms with Gasteiger partial charge in [0.05, 0.1) is 11.5 Å². The van der Waals surface area contributed by atoms with Gasteiger partial charge in [-0.05, 0) is 35.7 Å². The molecule has 0 saturated carbocycles.